The zero-order valence-corrected chi connectivity index (χ0v) is 15.3. The van der Waals surface area contributed by atoms with E-state index in [1.807, 2.05) is 24.3 Å². The van der Waals surface area contributed by atoms with E-state index < -0.39 is 22.0 Å². The maximum atomic E-state index is 12.6. The molecule has 3 aromatic rings. The summed E-state index contributed by atoms with van der Waals surface area (Å²) in [5.74, 6) is -0.338. The quantitative estimate of drug-likeness (QED) is 0.361. The Bertz CT molecular complexity index is 1040. The van der Waals surface area contributed by atoms with Crippen LogP contribution in [0.5, 0.6) is 5.75 Å². The molecule has 0 saturated heterocycles. The summed E-state index contributed by atoms with van der Waals surface area (Å²) in [6.45, 7) is 0. The number of hydrogen-bond donors (Lipinski definition) is 4. The number of hydroxylamine groups is 1. The lowest BCUT2D eigenvalue weighted by atomic mass is 10.1. The second kappa shape index (κ2) is 7.78. The van der Waals surface area contributed by atoms with Gasteiger partial charge in [-0.15, -0.1) is 0 Å². The number of amides is 1. The summed E-state index contributed by atoms with van der Waals surface area (Å²) in [6.07, 6.45) is 1.77. The summed E-state index contributed by atoms with van der Waals surface area (Å²) >= 11 is 0. The van der Waals surface area contributed by atoms with Crippen molar-refractivity contribution >= 4 is 26.8 Å². The highest BCUT2D eigenvalue weighted by Gasteiger charge is 2.26. The van der Waals surface area contributed by atoms with Crippen LogP contribution < -0.4 is 14.9 Å². The number of fused-ring (bicyclic) bond motifs is 1. The zero-order chi connectivity index (χ0) is 19.4. The number of hydrogen-bond acceptors (Lipinski definition) is 5. The fourth-order valence-electron chi connectivity index (χ4n) is 2.80. The van der Waals surface area contributed by atoms with Gasteiger partial charge in [0, 0.05) is 17.1 Å². The number of aromatic nitrogens is 1. The fourth-order valence-corrected chi connectivity index (χ4v) is 3.99. The third-order valence-electron chi connectivity index (χ3n) is 4.19. The van der Waals surface area contributed by atoms with Gasteiger partial charge in [0.25, 0.3) is 5.91 Å². The predicted molar refractivity (Wildman–Crippen MR) is 99.0 cm³/mol. The number of rotatable bonds is 7. The molecule has 1 amide bonds. The number of aromatic amines is 1. The standard InChI is InChI=1S/C18H19N3O5S/c1-26-13-6-8-14(9-7-13)27(24,25)21-17(18(22)20-23)10-12-11-19-16-5-3-2-4-15(12)16/h2-9,11,17,19,21,23H,10H2,1H3,(H,20,22)/t17-/m1/s1. The summed E-state index contributed by atoms with van der Waals surface area (Å²) in [6, 6.07) is 12.0. The van der Waals surface area contributed by atoms with Crippen LogP contribution in [-0.4, -0.2) is 37.7 Å². The van der Waals surface area contributed by atoms with Crippen molar-refractivity contribution in [2.75, 3.05) is 7.11 Å². The van der Waals surface area contributed by atoms with E-state index in [1.54, 1.807) is 6.20 Å². The van der Waals surface area contributed by atoms with Gasteiger partial charge in [0.1, 0.15) is 11.8 Å². The van der Waals surface area contributed by atoms with Gasteiger partial charge in [0.15, 0.2) is 0 Å². The van der Waals surface area contributed by atoms with Gasteiger partial charge < -0.3 is 9.72 Å². The Balaban J connectivity index is 1.87. The Hall–Kier alpha value is -2.88. The molecule has 1 aromatic heterocycles. The Morgan fingerprint density at radius 2 is 1.89 bits per heavy atom. The molecule has 0 saturated carbocycles. The minimum absolute atomic E-state index is 0.0158. The molecule has 0 aliphatic rings. The third-order valence-corrected chi connectivity index (χ3v) is 5.68. The van der Waals surface area contributed by atoms with Gasteiger partial charge in [-0.05, 0) is 42.3 Å². The Labute approximate surface area is 156 Å². The molecule has 0 unspecified atom stereocenters. The highest BCUT2D eigenvalue weighted by atomic mass is 32.2. The molecule has 2 aromatic carbocycles. The van der Waals surface area contributed by atoms with Gasteiger partial charge >= 0.3 is 0 Å². The number of ether oxygens (including phenoxy) is 1. The number of benzene rings is 2. The Morgan fingerprint density at radius 1 is 1.19 bits per heavy atom. The van der Waals surface area contributed by atoms with Gasteiger partial charge in [0.2, 0.25) is 10.0 Å². The second-order valence-corrected chi connectivity index (χ2v) is 7.60. The summed E-state index contributed by atoms with van der Waals surface area (Å²) in [7, 11) is -2.51. The molecule has 0 fully saturated rings. The Morgan fingerprint density at radius 3 is 2.56 bits per heavy atom. The number of para-hydroxylation sites is 1. The average Bonchev–Trinajstić information content (AvgIpc) is 3.09. The molecule has 0 aliphatic heterocycles. The third kappa shape index (κ3) is 4.11. The first-order valence-electron chi connectivity index (χ1n) is 8.10. The van der Waals surface area contributed by atoms with Crippen LogP contribution in [-0.2, 0) is 21.2 Å². The van der Waals surface area contributed by atoms with E-state index in [9.17, 15) is 13.2 Å². The average molecular weight is 389 g/mol. The van der Waals surface area contributed by atoms with E-state index in [0.717, 1.165) is 16.5 Å². The number of carbonyl (C=O) groups excluding carboxylic acids is 1. The molecule has 4 N–H and O–H groups in total. The van der Waals surface area contributed by atoms with E-state index in [0.29, 0.717) is 5.75 Å². The van der Waals surface area contributed by atoms with Crippen LogP contribution in [0.2, 0.25) is 0 Å². The van der Waals surface area contributed by atoms with Gasteiger partial charge in [0.05, 0.1) is 12.0 Å². The number of H-pyrrole nitrogens is 1. The van der Waals surface area contributed by atoms with Crippen LogP contribution in [0.15, 0.2) is 59.6 Å². The molecule has 0 radical (unpaired) electrons. The van der Waals surface area contributed by atoms with Crippen LogP contribution in [0.25, 0.3) is 10.9 Å². The minimum Gasteiger partial charge on any atom is -0.497 e. The molecular formula is C18H19N3O5S. The highest BCUT2D eigenvalue weighted by Crippen LogP contribution is 2.20. The lowest BCUT2D eigenvalue weighted by Gasteiger charge is -2.17. The van der Waals surface area contributed by atoms with Crippen molar-refractivity contribution in [1.29, 1.82) is 0 Å². The summed E-state index contributed by atoms with van der Waals surface area (Å²) in [5, 5.41) is 9.90. The first kappa shape index (κ1) is 18.9. The fraction of sp³-hybridized carbons (Fsp3) is 0.167. The first-order chi connectivity index (χ1) is 12.9. The van der Waals surface area contributed by atoms with Gasteiger partial charge in [-0.1, -0.05) is 18.2 Å². The topological polar surface area (TPSA) is 121 Å². The van der Waals surface area contributed by atoms with Crippen molar-refractivity contribution in [1.82, 2.24) is 15.2 Å². The molecule has 9 heteroatoms. The van der Waals surface area contributed by atoms with Crippen molar-refractivity contribution < 1.29 is 23.2 Å². The van der Waals surface area contributed by atoms with Gasteiger partial charge in [-0.25, -0.2) is 13.9 Å². The van der Waals surface area contributed by atoms with Crippen molar-refractivity contribution in [3.63, 3.8) is 0 Å². The molecule has 142 valence electrons. The molecule has 27 heavy (non-hydrogen) atoms. The molecule has 8 nitrogen and oxygen atoms in total. The zero-order valence-electron chi connectivity index (χ0n) is 14.5. The molecular weight excluding hydrogens is 370 g/mol. The molecule has 1 atom stereocenters. The molecule has 1 heterocycles. The second-order valence-electron chi connectivity index (χ2n) is 5.89. The lowest BCUT2D eigenvalue weighted by Crippen LogP contribution is -2.47. The van der Waals surface area contributed by atoms with E-state index in [2.05, 4.69) is 9.71 Å². The maximum absolute atomic E-state index is 12.6. The molecule has 3 rings (SSSR count). The SMILES string of the molecule is COc1ccc(S(=O)(=O)N[C@H](Cc2c[nH]c3ccccc23)C(=O)NO)cc1. The smallest absolute Gasteiger partial charge is 0.261 e. The predicted octanol–water partition coefficient (Wildman–Crippen LogP) is 1.57. The Kier molecular flexibility index (Phi) is 5.45. The number of carbonyl (C=O) groups is 1. The van der Waals surface area contributed by atoms with Crippen LogP contribution in [0.3, 0.4) is 0 Å². The van der Waals surface area contributed by atoms with E-state index >= 15 is 0 Å². The van der Waals surface area contributed by atoms with Crippen LogP contribution in [0.1, 0.15) is 5.56 Å². The van der Waals surface area contributed by atoms with Gasteiger partial charge in [-0.3, -0.25) is 10.0 Å². The molecule has 0 aliphatic carbocycles. The van der Waals surface area contributed by atoms with Crippen LogP contribution >= 0.6 is 0 Å². The van der Waals surface area contributed by atoms with Crippen molar-refractivity contribution in [3.05, 3.63) is 60.3 Å². The van der Waals surface area contributed by atoms with Crippen LogP contribution in [0, 0.1) is 0 Å². The monoisotopic (exact) mass is 389 g/mol. The van der Waals surface area contributed by atoms with E-state index in [1.165, 1.54) is 36.9 Å². The maximum Gasteiger partial charge on any atom is 0.261 e. The normalized spacial score (nSPS) is 12.7. The minimum atomic E-state index is -3.98. The molecule has 0 spiro atoms. The van der Waals surface area contributed by atoms with Crippen molar-refractivity contribution in [2.45, 2.75) is 17.4 Å². The summed E-state index contributed by atoms with van der Waals surface area (Å²) in [4.78, 5) is 15.1. The number of nitrogens with one attached hydrogen (secondary N) is 3. The summed E-state index contributed by atoms with van der Waals surface area (Å²) in [5.41, 5.74) is 3.14. The lowest BCUT2D eigenvalue weighted by molar-refractivity contribution is -0.130. The summed E-state index contributed by atoms with van der Waals surface area (Å²) < 4.78 is 32.6. The number of sulfonamides is 1. The van der Waals surface area contributed by atoms with E-state index in [4.69, 9.17) is 9.94 Å². The number of methoxy groups -OCH3 is 1. The largest absolute Gasteiger partial charge is 0.497 e. The van der Waals surface area contributed by atoms with Crippen molar-refractivity contribution in [2.24, 2.45) is 0 Å². The highest BCUT2D eigenvalue weighted by molar-refractivity contribution is 7.89. The molecule has 0 bridgehead atoms. The first-order valence-corrected chi connectivity index (χ1v) is 9.58. The van der Waals surface area contributed by atoms with Crippen LogP contribution in [0.4, 0.5) is 0 Å². The van der Waals surface area contributed by atoms with Crippen molar-refractivity contribution in [3.8, 4) is 5.75 Å². The van der Waals surface area contributed by atoms with E-state index in [-0.39, 0.29) is 11.3 Å². The van der Waals surface area contributed by atoms with Gasteiger partial charge in [-0.2, -0.15) is 4.72 Å².